The molecule has 1 aliphatic rings. The number of rotatable bonds is 3. The van der Waals surface area contributed by atoms with Gasteiger partial charge in [0.15, 0.2) is 0 Å². The molecule has 0 radical (unpaired) electrons. The van der Waals surface area contributed by atoms with Crippen LogP contribution in [0.4, 0.5) is 0 Å². The van der Waals surface area contributed by atoms with Crippen LogP contribution >= 0.6 is 11.8 Å². The Balaban J connectivity index is 2.67. The van der Waals surface area contributed by atoms with Crippen molar-refractivity contribution in [2.24, 2.45) is 5.92 Å². The number of carbonyl (C=O) groups is 2. The van der Waals surface area contributed by atoms with Gasteiger partial charge >= 0.3 is 0 Å². The third-order valence-electron chi connectivity index (χ3n) is 2.84. The van der Waals surface area contributed by atoms with Crippen LogP contribution in [0, 0.1) is 5.92 Å². The van der Waals surface area contributed by atoms with E-state index < -0.39 is 0 Å². The fourth-order valence-electron chi connectivity index (χ4n) is 1.97. The van der Waals surface area contributed by atoms with Crippen LogP contribution in [0.1, 0.15) is 40.0 Å². The average molecular weight is 214 g/mol. The molecule has 1 aliphatic carbocycles. The standard InChI is InChI=1S/C11H18O2S/c1-4-14-11(2,3)8-5-9(12)7-10(13)6-8/h8H,4-7H2,1-3H3. The van der Waals surface area contributed by atoms with Crippen molar-refractivity contribution < 1.29 is 9.59 Å². The number of hydrogen-bond acceptors (Lipinski definition) is 3. The number of ketones is 2. The molecular formula is C11H18O2S. The Morgan fingerprint density at radius 1 is 1.29 bits per heavy atom. The van der Waals surface area contributed by atoms with E-state index in [0.29, 0.717) is 12.8 Å². The molecule has 0 unspecified atom stereocenters. The molecule has 0 aliphatic heterocycles. The molecule has 0 spiro atoms. The number of thioether (sulfide) groups is 1. The van der Waals surface area contributed by atoms with Gasteiger partial charge < -0.3 is 0 Å². The third kappa shape index (κ3) is 2.84. The molecule has 0 aromatic heterocycles. The Hall–Kier alpha value is -0.310. The van der Waals surface area contributed by atoms with Crippen LogP contribution in [0.15, 0.2) is 0 Å². The lowest BCUT2D eigenvalue weighted by atomic mass is 9.80. The molecule has 1 fully saturated rings. The number of carbonyl (C=O) groups excluding carboxylic acids is 2. The molecule has 14 heavy (non-hydrogen) atoms. The monoisotopic (exact) mass is 214 g/mol. The van der Waals surface area contributed by atoms with E-state index in [4.69, 9.17) is 0 Å². The van der Waals surface area contributed by atoms with Gasteiger partial charge in [0, 0.05) is 17.6 Å². The smallest absolute Gasteiger partial charge is 0.140 e. The van der Waals surface area contributed by atoms with Crippen LogP contribution in [-0.2, 0) is 9.59 Å². The van der Waals surface area contributed by atoms with Crippen LogP contribution in [0.25, 0.3) is 0 Å². The highest BCUT2D eigenvalue weighted by Gasteiger charge is 2.36. The minimum absolute atomic E-state index is 0.0560. The van der Waals surface area contributed by atoms with Gasteiger partial charge in [-0.25, -0.2) is 0 Å². The first-order valence-electron chi connectivity index (χ1n) is 5.13. The Bertz CT molecular complexity index is 230. The second-order valence-corrected chi connectivity index (χ2v) is 6.31. The molecule has 0 atom stereocenters. The first kappa shape index (κ1) is 11.8. The van der Waals surface area contributed by atoms with E-state index in [1.54, 1.807) is 0 Å². The van der Waals surface area contributed by atoms with Crippen molar-refractivity contribution in [2.45, 2.75) is 44.8 Å². The fraction of sp³-hybridized carbons (Fsp3) is 0.818. The molecule has 1 rings (SSSR count). The molecule has 3 heteroatoms. The maximum Gasteiger partial charge on any atom is 0.140 e. The van der Waals surface area contributed by atoms with E-state index in [1.165, 1.54) is 0 Å². The van der Waals surface area contributed by atoms with E-state index in [1.807, 2.05) is 11.8 Å². The van der Waals surface area contributed by atoms with Crippen molar-refractivity contribution >= 4 is 23.3 Å². The molecule has 0 aromatic rings. The lowest BCUT2D eigenvalue weighted by molar-refractivity contribution is -0.131. The Labute approximate surface area is 89.8 Å². The van der Waals surface area contributed by atoms with Crippen molar-refractivity contribution in [3.05, 3.63) is 0 Å². The summed E-state index contributed by atoms with van der Waals surface area (Å²) in [4.78, 5) is 22.6. The molecule has 0 amide bonds. The minimum atomic E-state index is 0.0560. The van der Waals surface area contributed by atoms with E-state index in [2.05, 4.69) is 20.8 Å². The summed E-state index contributed by atoms with van der Waals surface area (Å²) in [5.74, 6) is 1.51. The van der Waals surface area contributed by atoms with Gasteiger partial charge in [-0.2, -0.15) is 11.8 Å². The highest BCUT2D eigenvalue weighted by molar-refractivity contribution is 8.00. The Morgan fingerprint density at radius 2 is 1.79 bits per heavy atom. The summed E-state index contributed by atoms with van der Waals surface area (Å²) >= 11 is 1.84. The SMILES string of the molecule is CCSC(C)(C)C1CC(=O)CC(=O)C1. The fourth-order valence-corrected chi connectivity index (χ4v) is 3.11. The van der Waals surface area contributed by atoms with Crippen molar-refractivity contribution in [3.63, 3.8) is 0 Å². The second kappa shape index (κ2) is 4.47. The van der Waals surface area contributed by atoms with Gasteiger partial charge in [0.2, 0.25) is 0 Å². The molecule has 0 bridgehead atoms. The summed E-state index contributed by atoms with van der Waals surface area (Å²) in [6.07, 6.45) is 1.35. The van der Waals surface area contributed by atoms with E-state index in [0.717, 1.165) is 5.75 Å². The maximum absolute atomic E-state index is 11.3. The first-order chi connectivity index (χ1) is 6.45. The summed E-state index contributed by atoms with van der Waals surface area (Å²) < 4.78 is 0.0560. The number of hydrogen-bond donors (Lipinski definition) is 0. The van der Waals surface area contributed by atoms with E-state index in [-0.39, 0.29) is 28.7 Å². The summed E-state index contributed by atoms with van der Waals surface area (Å²) in [5, 5.41) is 0. The van der Waals surface area contributed by atoms with Crippen molar-refractivity contribution in [3.8, 4) is 0 Å². The molecule has 2 nitrogen and oxygen atoms in total. The van der Waals surface area contributed by atoms with Gasteiger partial charge in [0.05, 0.1) is 6.42 Å². The largest absolute Gasteiger partial charge is 0.299 e. The van der Waals surface area contributed by atoms with Gasteiger partial charge in [-0.1, -0.05) is 20.8 Å². The molecule has 1 saturated carbocycles. The Morgan fingerprint density at radius 3 is 2.21 bits per heavy atom. The van der Waals surface area contributed by atoms with E-state index >= 15 is 0 Å². The predicted molar refractivity (Wildman–Crippen MR) is 59.6 cm³/mol. The Kier molecular flexibility index (Phi) is 3.76. The van der Waals surface area contributed by atoms with Gasteiger partial charge in [-0.3, -0.25) is 9.59 Å². The molecule has 0 heterocycles. The maximum atomic E-state index is 11.3. The quantitative estimate of drug-likeness (QED) is 0.677. The van der Waals surface area contributed by atoms with Crippen molar-refractivity contribution in [1.82, 2.24) is 0 Å². The molecule has 0 N–H and O–H groups in total. The predicted octanol–water partition coefficient (Wildman–Crippen LogP) is 2.46. The van der Waals surface area contributed by atoms with Gasteiger partial charge in [-0.05, 0) is 11.7 Å². The number of Topliss-reactive ketones (excluding diaryl/α,β-unsaturated/α-hetero) is 2. The van der Waals surface area contributed by atoms with Crippen LogP contribution in [0.5, 0.6) is 0 Å². The second-order valence-electron chi connectivity index (χ2n) is 4.40. The van der Waals surface area contributed by atoms with Crippen LogP contribution in [-0.4, -0.2) is 22.1 Å². The van der Waals surface area contributed by atoms with Crippen LogP contribution < -0.4 is 0 Å². The van der Waals surface area contributed by atoms with Gasteiger partial charge in [0.1, 0.15) is 11.6 Å². The molecule has 0 saturated heterocycles. The zero-order valence-electron chi connectivity index (χ0n) is 9.13. The van der Waals surface area contributed by atoms with Gasteiger partial charge in [-0.15, -0.1) is 0 Å². The zero-order valence-corrected chi connectivity index (χ0v) is 9.95. The van der Waals surface area contributed by atoms with Crippen molar-refractivity contribution in [2.75, 3.05) is 5.75 Å². The lowest BCUT2D eigenvalue weighted by Crippen LogP contribution is -2.35. The minimum Gasteiger partial charge on any atom is -0.299 e. The van der Waals surface area contributed by atoms with E-state index in [9.17, 15) is 9.59 Å². The first-order valence-corrected chi connectivity index (χ1v) is 6.11. The van der Waals surface area contributed by atoms with Crippen LogP contribution in [0.3, 0.4) is 0 Å². The summed E-state index contributed by atoms with van der Waals surface area (Å²) in [5.41, 5.74) is 0. The summed E-state index contributed by atoms with van der Waals surface area (Å²) in [6.45, 7) is 6.38. The highest BCUT2D eigenvalue weighted by Crippen LogP contribution is 2.38. The van der Waals surface area contributed by atoms with Gasteiger partial charge in [0.25, 0.3) is 0 Å². The third-order valence-corrected chi connectivity index (χ3v) is 4.21. The topological polar surface area (TPSA) is 34.1 Å². The summed E-state index contributed by atoms with van der Waals surface area (Å²) in [7, 11) is 0. The molecule has 80 valence electrons. The molecule has 0 aromatic carbocycles. The van der Waals surface area contributed by atoms with Crippen molar-refractivity contribution in [1.29, 1.82) is 0 Å². The molecular weight excluding hydrogens is 196 g/mol. The van der Waals surface area contributed by atoms with Crippen LogP contribution in [0.2, 0.25) is 0 Å². The average Bonchev–Trinajstić information content (AvgIpc) is 2.02. The summed E-state index contributed by atoms with van der Waals surface area (Å²) in [6, 6.07) is 0. The zero-order chi connectivity index (χ0) is 10.8. The highest BCUT2D eigenvalue weighted by atomic mass is 32.2. The lowest BCUT2D eigenvalue weighted by Gasteiger charge is -2.35. The normalized spacial score (nSPS) is 20.2.